The van der Waals surface area contributed by atoms with Crippen molar-refractivity contribution in [1.29, 1.82) is 5.26 Å². The molecule has 126 valence electrons. The number of nitriles is 1. The van der Waals surface area contributed by atoms with Crippen molar-refractivity contribution < 1.29 is 4.74 Å². The Morgan fingerprint density at radius 1 is 1.26 bits per heavy atom. The molecule has 0 unspecified atom stereocenters. The lowest BCUT2D eigenvalue weighted by atomic mass is 10.00. The molecule has 1 saturated heterocycles. The molecule has 1 fully saturated rings. The van der Waals surface area contributed by atoms with Gasteiger partial charge in [0, 0.05) is 25.2 Å². The van der Waals surface area contributed by atoms with Gasteiger partial charge in [0.15, 0.2) is 5.82 Å². The summed E-state index contributed by atoms with van der Waals surface area (Å²) in [6, 6.07) is 2.24. The van der Waals surface area contributed by atoms with Crippen LogP contribution in [0.5, 0.6) is 0 Å². The molecule has 2 atom stereocenters. The molecule has 0 aromatic carbocycles. The van der Waals surface area contributed by atoms with Gasteiger partial charge in [-0.1, -0.05) is 0 Å². The Bertz CT molecular complexity index is 598. The Kier molecular flexibility index (Phi) is 5.23. The van der Waals surface area contributed by atoms with Gasteiger partial charge in [-0.15, -0.1) is 5.10 Å². The van der Waals surface area contributed by atoms with Gasteiger partial charge in [-0.25, -0.2) is 0 Å². The first-order valence-electron chi connectivity index (χ1n) is 8.13. The number of ether oxygens (including phenoxy) is 1. The summed E-state index contributed by atoms with van der Waals surface area (Å²) in [5.41, 5.74) is 2.19. The second-order valence-electron chi connectivity index (χ2n) is 7.07. The fourth-order valence-electron chi connectivity index (χ4n) is 2.95. The van der Waals surface area contributed by atoms with E-state index in [2.05, 4.69) is 54.2 Å². The van der Waals surface area contributed by atoms with Gasteiger partial charge in [-0.3, -0.25) is 4.90 Å². The highest BCUT2D eigenvalue weighted by Gasteiger charge is 2.33. The van der Waals surface area contributed by atoms with Crippen LogP contribution < -0.4 is 5.32 Å². The van der Waals surface area contributed by atoms with Gasteiger partial charge in [0.25, 0.3) is 0 Å². The molecule has 1 aliphatic heterocycles. The van der Waals surface area contributed by atoms with Crippen molar-refractivity contribution in [3.05, 3.63) is 16.8 Å². The minimum absolute atomic E-state index is 0.0699. The van der Waals surface area contributed by atoms with E-state index in [-0.39, 0.29) is 17.7 Å². The lowest BCUT2D eigenvalue weighted by molar-refractivity contribution is -0.0933. The van der Waals surface area contributed by atoms with Gasteiger partial charge < -0.3 is 10.1 Å². The van der Waals surface area contributed by atoms with Gasteiger partial charge in [0.1, 0.15) is 11.6 Å². The zero-order valence-corrected chi connectivity index (χ0v) is 15.0. The number of nitrogens with zero attached hydrogens (tertiary/aromatic N) is 4. The third kappa shape index (κ3) is 3.98. The SMILES string of the molecule is Cc1nnc(NCC(C)(C)N2C[C@@H](C)O[C@H](C)C2)c(C#N)c1C. The number of hydrogen-bond donors (Lipinski definition) is 1. The van der Waals surface area contributed by atoms with E-state index >= 15 is 0 Å². The predicted molar refractivity (Wildman–Crippen MR) is 90.4 cm³/mol. The highest BCUT2D eigenvalue weighted by molar-refractivity contribution is 5.55. The van der Waals surface area contributed by atoms with Crippen molar-refractivity contribution in [3.8, 4) is 6.07 Å². The average molecular weight is 317 g/mol. The second-order valence-corrected chi connectivity index (χ2v) is 7.07. The lowest BCUT2D eigenvalue weighted by Crippen LogP contribution is -2.57. The Morgan fingerprint density at radius 3 is 2.43 bits per heavy atom. The number of anilines is 1. The molecule has 6 heteroatoms. The first-order chi connectivity index (χ1) is 10.7. The van der Waals surface area contributed by atoms with Crippen LogP contribution in [0.3, 0.4) is 0 Å². The Labute approximate surface area is 138 Å². The predicted octanol–water partition coefficient (Wildman–Crippen LogP) is 2.26. The van der Waals surface area contributed by atoms with Crippen LogP contribution in [0.4, 0.5) is 5.82 Å². The summed E-state index contributed by atoms with van der Waals surface area (Å²) in [5, 5.41) is 21.0. The van der Waals surface area contributed by atoms with E-state index < -0.39 is 0 Å². The molecular formula is C17H27N5O. The van der Waals surface area contributed by atoms with Crippen molar-refractivity contribution >= 4 is 5.82 Å². The lowest BCUT2D eigenvalue weighted by Gasteiger charge is -2.45. The fraction of sp³-hybridized carbons (Fsp3) is 0.706. The molecule has 2 heterocycles. The van der Waals surface area contributed by atoms with E-state index in [1.165, 1.54) is 0 Å². The van der Waals surface area contributed by atoms with E-state index in [1.807, 2.05) is 13.8 Å². The summed E-state index contributed by atoms with van der Waals surface area (Å²) in [6.45, 7) is 14.9. The molecule has 0 saturated carbocycles. The molecule has 1 aliphatic rings. The first kappa shape index (κ1) is 17.6. The normalized spacial score (nSPS) is 22.7. The summed E-state index contributed by atoms with van der Waals surface area (Å²) in [7, 11) is 0. The van der Waals surface area contributed by atoms with E-state index in [4.69, 9.17) is 4.74 Å². The van der Waals surface area contributed by atoms with Gasteiger partial charge in [-0.05, 0) is 47.1 Å². The van der Waals surface area contributed by atoms with Crippen LogP contribution in [0.15, 0.2) is 0 Å². The first-order valence-corrected chi connectivity index (χ1v) is 8.13. The van der Waals surface area contributed by atoms with Crippen molar-refractivity contribution in [3.63, 3.8) is 0 Å². The topological polar surface area (TPSA) is 74.1 Å². The molecule has 0 spiro atoms. The van der Waals surface area contributed by atoms with Crippen LogP contribution in [0.1, 0.15) is 44.5 Å². The molecule has 1 aromatic heterocycles. The fourth-order valence-corrected chi connectivity index (χ4v) is 2.95. The number of nitrogens with one attached hydrogen (secondary N) is 1. The standard InChI is InChI=1S/C17H27N5O/c1-11-8-22(9-12(2)23-11)17(5,6)10-19-16-15(7-18)13(3)14(4)20-21-16/h11-12H,8-10H2,1-6H3,(H,19,21)/t11-,12-/m1/s1. The maximum Gasteiger partial charge on any atom is 0.166 e. The molecule has 1 aromatic rings. The Morgan fingerprint density at radius 2 is 1.87 bits per heavy atom. The molecule has 0 amide bonds. The molecule has 23 heavy (non-hydrogen) atoms. The summed E-state index contributed by atoms with van der Waals surface area (Å²) in [5.74, 6) is 0.568. The zero-order valence-electron chi connectivity index (χ0n) is 15.0. The average Bonchev–Trinajstić information content (AvgIpc) is 2.47. The highest BCUT2D eigenvalue weighted by Crippen LogP contribution is 2.23. The van der Waals surface area contributed by atoms with Crippen molar-refractivity contribution in [2.75, 3.05) is 25.0 Å². The second kappa shape index (κ2) is 6.81. The van der Waals surface area contributed by atoms with Crippen LogP contribution in [-0.4, -0.2) is 52.5 Å². The summed E-state index contributed by atoms with van der Waals surface area (Å²) in [4.78, 5) is 2.43. The molecule has 0 bridgehead atoms. The van der Waals surface area contributed by atoms with Gasteiger partial charge in [-0.2, -0.15) is 10.4 Å². The molecular weight excluding hydrogens is 290 g/mol. The van der Waals surface area contributed by atoms with Crippen LogP contribution in [-0.2, 0) is 4.74 Å². The number of morpholine rings is 1. The maximum atomic E-state index is 9.39. The van der Waals surface area contributed by atoms with Crippen LogP contribution in [0.25, 0.3) is 0 Å². The molecule has 6 nitrogen and oxygen atoms in total. The Balaban J connectivity index is 2.11. The summed E-state index contributed by atoms with van der Waals surface area (Å²) in [6.07, 6.45) is 0.461. The number of rotatable bonds is 4. The molecule has 0 radical (unpaired) electrons. The molecule has 1 N–H and O–H groups in total. The smallest absolute Gasteiger partial charge is 0.166 e. The summed E-state index contributed by atoms with van der Waals surface area (Å²) >= 11 is 0. The minimum atomic E-state index is -0.0699. The minimum Gasteiger partial charge on any atom is -0.373 e. The van der Waals surface area contributed by atoms with Crippen LogP contribution >= 0.6 is 0 Å². The Hall–Kier alpha value is -1.71. The van der Waals surface area contributed by atoms with E-state index in [0.717, 1.165) is 24.3 Å². The van der Waals surface area contributed by atoms with Crippen molar-refractivity contribution in [2.45, 2.75) is 59.3 Å². The highest BCUT2D eigenvalue weighted by atomic mass is 16.5. The monoisotopic (exact) mass is 317 g/mol. The van der Waals surface area contributed by atoms with Crippen LogP contribution in [0.2, 0.25) is 0 Å². The number of hydrogen-bond acceptors (Lipinski definition) is 6. The largest absolute Gasteiger partial charge is 0.373 e. The third-order valence-electron chi connectivity index (χ3n) is 4.53. The van der Waals surface area contributed by atoms with Crippen molar-refractivity contribution in [2.24, 2.45) is 0 Å². The maximum absolute atomic E-state index is 9.39. The summed E-state index contributed by atoms with van der Waals surface area (Å²) < 4.78 is 5.81. The van der Waals surface area contributed by atoms with Gasteiger partial charge in [0.05, 0.1) is 17.9 Å². The van der Waals surface area contributed by atoms with Gasteiger partial charge in [0.2, 0.25) is 0 Å². The van der Waals surface area contributed by atoms with Crippen molar-refractivity contribution in [1.82, 2.24) is 15.1 Å². The van der Waals surface area contributed by atoms with E-state index in [9.17, 15) is 5.26 Å². The zero-order chi connectivity index (χ0) is 17.2. The van der Waals surface area contributed by atoms with Gasteiger partial charge >= 0.3 is 0 Å². The quantitative estimate of drug-likeness (QED) is 0.918. The van der Waals surface area contributed by atoms with E-state index in [1.54, 1.807) is 0 Å². The number of aromatic nitrogens is 2. The molecule has 2 rings (SSSR count). The number of aryl methyl sites for hydroxylation is 1. The van der Waals surface area contributed by atoms with Crippen LogP contribution in [0, 0.1) is 25.2 Å². The molecule has 0 aliphatic carbocycles. The third-order valence-corrected chi connectivity index (χ3v) is 4.53. The van der Waals surface area contributed by atoms with E-state index in [0.29, 0.717) is 17.9 Å².